The number of hydrogen-bond donors (Lipinski definition) is 1. The van der Waals surface area contributed by atoms with E-state index in [1.54, 1.807) is 0 Å². The van der Waals surface area contributed by atoms with Gasteiger partial charge in [0.05, 0.1) is 34.2 Å². The summed E-state index contributed by atoms with van der Waals surface area (Å²) in [4.78, 5) is 10.6. The fourth-order valence-corrected chi connectivity index (χ4v) is 8.61. The van der Waals surface area contributed by atoms with Crippen molar-refractivity contribution in [2.75, 3.05) is 0 Å². The third-order valence-corrected chi connectivity index (χ3v) is 11.9. The molecule has 298 valence electrons. The van der Waals surface area contributed by atoms with Crippen LogP contribution in [0.2, 0.25) is 0 Å². The van der Waals surface area contributed by atoms with Gasteiger partial charge in [-0.25, -0.2) is 4.98 Å². The Labute approximate surface area is 356 Å². The molecule has 5 nitrogen and oxygen atoms in total. The highest BCUT2D eigenvalue weighted by Gasteiger charge is 2.29. The van der Waals surface area contributed by atoms with E-state index in [1.807, 2.05) is 36.5 Å². The minimum atomic E-state index is -0.321. The number of phenols is 1. The first-order valence-electron chi connectivity index (χ1n) is 21.0. The molecule has 0 radical (unpaired) electrons. The van der Waals surface area contributed by atoms with Gasteiger partial charge in [-0.2, -0.15) is 0 Å². The maximum Gasteiger partial charge on any atom is 0.153 e. The van der Waals surface area contributed by atoms with Crippen molar-refractivity contribution in [1.29, 1.82) is 0 Å². The van der Waals surface area contributed by atoms with Crippen molar-refractivity contribution >= 4 is 33.0 Å². The SMILES string of the molecule is CC(C)(C)c1cc(-c2nc3c(-c4cc(-c5ccccc5)cc(-c5cc6c(cn5)oc5ccccc56)c4)cccc3n2-c2ccccc2-c2ccccc2)c(O)c(C(C)(C)C)c1. The summed E-state index contributed by atoms with van der Waals surface area (Å²) in [5.74, 6) is 0.927. The molecule has 0 aliphatic heterocycles. The van der Waals surface area contributed by atoms with E-state index in [2.05, 4.69) is 180 Å². The maximum absolute atomic E-state index is 12.4. The zero-order chi connectivity index (χ0) is 42.0. The molecule has 0 bridgehead atoms. The summed E-state index contributed by atoms with van der Waals surface area (Å²) in [6.45, 7) is 13.1. The summed E-state index contributed by atoms with van der Waals surface area (Å²) in [6, 6.07) is 57.2. The molecule has 10 rings (SSSR count). The zero-order valence-electron chi connectivity index (χ0n) is 35.4. The van der Waals surface area contributed by atoms with Crippen molar-refractivity contribution in [2.24, 2.45) is 0 Å². The van der Waals surface area contributed by atoms with Gasteiger partial charge in [-0.3, -0.25) is 9.55 Å². The summed E-state index contributed by atoms with van der Waals surface area (Å²) >= 11 is 0. The predicted octanol–water partition coefficient (Wildman–Crippen LogP) is 15.0. The fourth-order valence-electron chi connectivity index (χ4n) is 8.61. The van der Waals surface area contributed by atoms with Crippen molar-refractivity contribution in [2.45, 2.75) is 52.4 Å². The van der Waals surface area contributed by atoms with E-state index < -0.39 is 0 Å². The number of nitrogens with zero attached hydrogens (tertiary/aromatic N) is 3. The number of pyridine rings is 1. The number of aromatic hydroxyl groups is 1. The van der Waals surface area contributed by atoms with Crippen LogP contribution in [0.5, 0.6) is 5.75 Å². The van der Waals surface area contributed by atoms with Gasteiger partial charge in [-0.05, 0) is 87.2 Å². The standard InChI is InChI=1S/C56H47N3O2/c1-55(2,3)40-31-45(53(60)46(32-40)56(4,5)6)54-58-52-42(24-17-26-49(52)59(54)48-25-15-13-22-41(48)36-20-11-8-12-21-36)38-28-37(35-18-9-7-10-19-35)29-39(30-38)47-33-44-43-23-14-16-27-50(43)61-51(44)34-57-47/h7-34,60H,1-6H3. The largest absolute Gasteiger partial charge is 0.507 e. The first kappa shape index (κ1) is 38.0. The van der Waals surface area contributed by atoms with Gasteiger partial charge in [0.25, 0.3) is 0 Å². The van der Waals surface area contributed by atoms with E-state index in [0.29, 0.717) is 11.4 Å². The summed E-state index contributed by atoms with van der Waals surface area (Å²) in [5, 5.41) is 14.5. The Bertz CT molecular complexity index is 3270. The van der Waals surface area contributed by atoms with Gasteiger partial charge < -0.3 is 9.52 Å². The lowest BCUT2D eigenvalue weighted by atomic mass is 9.79. The molecule has 0 fully saturated rings. The summed E-state index contributed by atoms with van der Waals surface area (Å²) in [7, 11) is 0. The first-order chi connectivity index (χ1) is 29.4. The molecule has 1 N–H and O–H groups in total. The molecular formula is C56H47N3O2. The van der Waals surface area contributed by atoms with Crippen molar-refractivity contribution in [3.8, 4) is 67.5 Å². The average Bonchev–Trinajstić information content (AvgIpc) is 3.84. The second-order valence-corrected chi connectivity index (χ2v) is 18.1. The summed E-state index contributed by atoms with van der Waals surface area (Å²) in [5.41, 5.74) is 14.7. The van der Waals surface area contributed by atoms with Crippen LogP contribution in [0.3, 0.4) is 0 Å². The highest BCUT2D eigenvalue weighted by atomic mass is 16.3. The van der Waals surface area contributed by atoms with Crippen molar-refractivity contribution in [1.82, 2.24) is 14.5 Å². The molecular weight excluding hydrogens is 747 g/mol. The number of benzene rings is 7. The first-order valence-corrected chi connectivity index (χ1v) is 21.0. The van der Waals surface area contributed by atoms with E-state index in [1.165, 1.54) is 0 Å². The molecule has 0 spiro atoms. The molecule has 0 aliphatic carbocycles. The van der Waals surface area contributed by atoms with Gasteiger partial charge in [-0.15, -0.1) is 0 Å². The van der Waals surface area contributed by atoms with Gasteiger partial charge in [0.1, 0.15) is 17.2 Å². The second-order valence-electron chi connectivity index (χ2n) is 18.1. The highest BCUT2D eigenvalue weighted by Crippen LogP contribution is 2.46. The van der Waals surface area contributed by atoms with Crippen LogP contribution >= 0.6 is 0 Å². The normalized spacial score (nSPS) is 12.2. The van der Waals surface area contributed by atoms with E-state index in [-0.39, 0.29) is 16.6 Å². The Kier molecular flexibility index (Phi) is 9.03. The topological polar surface area (TPSA) is 64.1 Å². The van der Waals surface area contributed by atoms with Crippen molar-refractivity contribution in [3.05, 3.63) is 181 Å². The smallest absolute Gasteiger partial charge is 0.153 e. The van der Waals surface area contributed by atoms with Gasteiger partial charge in [0.2, 0.25) is 0 Å². The number of phenolic OH excluding ortho intramolecular Hbond substituents is 1. The molecule has 3 heterocycles. The molecule has 10 aromatic rings. The Balaban J connectivity index is 1.27. The van der Waals surface area contributed by atoms with Crippen LogP contribution in [0.4, 0.5) is 0 Å². The third kappa shape index (κ3) is 6.76. The number of hydrogen-bond acceptors (Lipinski definition) is 4. The van der Waals surface area contributed by atoms with E-state index in [9.17, 15) is 5.11 Å². The molecule has 0 atom stereocenters. The molecule has 0 saturated heterocycles. The molecule has 61 heavy (non-hydrogen) atoms. The third-order valence-electron chi connectivity index (χ3n) is 11.9. The Morgan fingerprint density at radius 2 is 1.16 bits per heavy atom. The number of fused-ring (bicyclic) bond motifs is 4. The number of imidazole rings is 1. The molecule has 0 amide bonds. The predicted molar refractivity (Wildman–Crippen MR) is 252 cm³/mol. The van der Waals surface area contributed by atoms with Gasteiger partial charge in [0.15, 0.2) is 5.58 Å². The molecule has 7 aromatic carbocycles. The molecule has 3 aromatic heterocycles. The van der Waals surface area contributed by atoms with Crippen molar-refractivity contribution in [3.63, 3.8) is 0 Å². The van der Waals surface area contributed by atoms with Crippen LogP contribution in [0.25, 0.3) is 94.7 Å². The van der Waals surface area contributed by atoms with Crippen LogP contribution in [-0.2, 0) is 10.8 Å². The van der Waals surface area contributed by atoms with Crippen LogP contribution in [0, 0.1) is 0 Å². The second kappa shape index (κ2) is 14.5. The Morgan fingerprint density at radius 1 is 0.508 bits per heavy atom. The van der Waals surface area contributed by atoms with Gasteiger partial charge in [-0.1, -0.05) is 157 Å². The van der Waals surface area contributed by atoms with Gasteiger partial charge >= 0.3 is 0 Å². The monoisotopic (exact) mass is 793 g/mol. The van der Waals surface area contributed by atoms with Crippen LogP contribution in [-0.4, -0.2) is 19.6 Å². The lowest BCUT2D eigenvalue weighted by Gasteiger charge is -2.27. The van der Waals surface area contributed by atoms with Crippen LogP contribution < -0.4 is 0 Å². The van der Waals surface area contributed by atoms with E-state index in [0.717, 1.165) is 94.4 Å². The lowest BCUT2D eigenvalue weighted by Crippen LogP contribution is -2.17. The number of furan rings is 1. The Hall–Kier alpha value is -7.24. The number of rotatable bonds is 6. The van der Waals surface area contributed by atoms with Crippen LogP contribution in [0.15, 0.2) is 174 Å². The quantitative estimate of drug-likeness (QED) is 0.182. The van der Waals surface area contributed by atoms with Crippen LogP contribution in [0.1, 0.15) is 52.7 Å². The lowest BCUT2D eigenvalue weighted by molar-refractivity contribution is 0.446. The summed E-state index contributed by atoms with van der Waals surface area (Å²) < 4.78 is 8.42. The molecule has 0 aliphatic rings. The minimum absolute atomic E-state index is 0.180. The number of aromatic nitrogens is 3. The Morgan fingerprint density at radius 3 is 1.92 bits per heavy atom. The van der Waals surface area contributed by atoms with E-state index >= 15 is 0 Å². The van der Waals surface area contributed by atoms with E-state index in [4.69, 9.17) is 14.4 Å². The molecule has 0 saturated carbocycles. The maximum atomic E-state index is 12.4. The minimum Gasteiger partial charge on any atom is -0.507 e. The van der Waals surface area contributed by atoms with Gasteiger partial charge in [0, 0.05) is 33.0 Å². The van der Waals surface area contributed by atoms with Crippen molar-refractivity contribution < 1.29 is 9.52 Å². The summed E-state index contributed by atoms with van der Waals surface area (Å²) in [6.07, 6.45) is 1.84. The fraction of sp³-hybridized carbons (Fsp3) is 0.143. The average molecular weight is 794 g/mol. The molecule has 5 heteroatoms. The zero-order valence-corrected chi connectivity index (χ0v) is 35.4. The number of para-hydroxylation sites is 3. The highest BCUT2D eigenvalue weighted by molar-refractivity contribution is 6.06. The molecule has 0 unspecified atom stereocenters.